The Morgan fingerprint density at radius 2 is 1.91 bits per heavy atom. The molecule has 0 aromatic carbocycles. The fraction of sp³-hybridized carbons (Fsp3) is 0.800. The first-order valence-corrected chi connectivity index (χ1v) is 7.77. The van der Waals surface area contributed by atoms with Crippen molar-refractivity contribution in [1.29, 1.82) is 0 Å². The maximum Gasteiger partial charge on any atom is 0.411 e. The van der Waals surface area contributed by atoms with Crippen molar-refractivity contribution in [3.63, 3.8) is 0 Å². The number of halogens is 3. The van der Waals surface area contributed by atoms with Crippen LogP contribution in [0.2, 0.25) is 0 Å². The Hall–Kier alpha value is -1.24. The normalized spacial score (nSPS) is 28.7. The molecule has 0 aromatic rings. The average Bonchev–Trinajstić information content (AvgIpc) is 2.47. The minimum Gasteiger partial charge on any atom is -0.372 e. The molecule has 2 aliphatic rings. The Morgan fingerprint density at radius 1 is 1.23 bits per heavy atom. The molecule has 0 aromatic heterocycles. The topological polar surface area (TPSA) is 50.4 Å². The lowest BCUT2D eigenvalue weighted by atomic mass is 9.81. The summed E-state index contributed by atoms with van der Waals surface area (Å²) in [7, 11) is 0. The molecule has 0 radical (unpaired) electrons. The fourth-order valence-corrected chi connectivity index (χ4v) is 3.25. The number of carbonyl (C=O) groups is 1. The molecule has 2 fully saturated rings. The molecule has 2 rings (SSSR count). The SMILES string of the molecule is C=C[C@@H]1OCCC[C@H]1NC(=O)NC1(C(F)(F)F)CCCCC1. The number of amides is 2. The third kappa shape index (κ3) is 3.74. The van der Waals surface area contributed by atoms with Crippen LogP contribution < -0.4 is 10.6 Å². The van der Waals surface area contributed by atoms with Gasteiger partial charge in [0, 0.05) is 6.61 Å². The maximum atomic E-state index is 13.4. The highest BCUT2D eigenvalue weighted by molar-refractivity contribution is 5.75. The lowest BCUT2D eigenvalue weighted by molar-refractivity contribution is -0.201. The monoisotopic (exact) mass is 320 g/mol. The van der Waals surface area contributed by atoms with Crippen LogP contribution in [-0.4, -0.2) is 36.5 Å². The molecule has 0 bridgehead atoms. The molecule has 1 aliphatic carbocycles. The van der Waals surface area contributed by atoms with Crippen LogP contribution in [0.4, 0.5) is 18.0 Å². The summed E-state index contributed by atoms with van der Waals surface area (Å²) in [6.45, 7) is 4.21. The van der Waals surface area contributed by atoms with Gasteiger partial charge in [0.1, 0.15) is 5.54 Å². The number of alkyl halides is 3. The van der Waals surface area contributed by atoms with E-state index >= 15 is 0 Å². The summed E-state index contributed by atoms with van der Waals surface area (Å²) in [5.41, 5.74) is -2.10. The summed E-state index contributed by atoms with van der Waals surface area (Å²) >= 11 is 0. The van der Waals surface area contributed by atoms with Gasteiger partial charge in [-0.3, -0.25) is 0 Å². The van der Waals surface area contributed by atoms with Crippen molar-refractivity contribution in [3.05, 3.63) is 12.7 Å². The van der Waals surface area contributed by atoms with E-state index in [9.17, 15) is 18.0 Å². The van der Waals surface area contributed by atoms with E-state index in [0.717, 1.165) is 12.8 Å². The summed E-state index contributed by atoms with van der Waals surface area (Å²) in [6, 6.07) is -1.11. The summed E-state index contributed by atoms with van der Waals surface area (Å²) in [6.07, 6.45) is -0.183. The van der Waals surface area contributed by atoms with Gasteiger partial charge in [0.15, 0.2) is 0 Å². The van der Waals surface area contributed by atoms with Crippen molar-refractivity contribution >= 4 is 6.03 Å². The lowest BCUT2D eigenvalue weighted by Crippen LogP contribution is -2.63. The number of carbonyl (C=O) groups excluding carboxylic acids is 1. The van der Waals surface area contributed by atoms with E-state index in [1.54, 1.807) is 6.08 Å². The molecule has 2 amide bonds. The first kappa shape index (κ1) is 17.1. The second-order valence-corrected chi connectivity index (χ2v) is 6.06. The molecular formula is C15H23F3N2O2. The zero-order chi connectivity index (χ0) is 16.2. The van der Waals surface area contributed by atoms with Crippen LogP contribution in [0.25, 0.3) is 0 Å². The maximum absolute atomic E-state index is 13.4. The summed E-state index contributed by atoms with van der Waals surface area (Å²) in [4.78, 5) is 12.1. The van der Waals surface area contributed by atoms with Crippen LogP contribution in [0.5, 0.6) is 0 Å². The molecule has 1 saturated carbocycles. The lowest BCUT2D eigenvalue weighted by Gasteiger charge is -2.40. The van der Waals surface area contributed by atoms with Crippen LogP contribution >= 0.6 is 0 Å². The molecule has 22 heavy (non-hydrogen) atoms. The van der Waals surface area contributed by atoms with Crippen molar-refractivity contribution in [2.75, 3.05) is 6.61 Å². The Morgan fingerprint density at radius 3 is 2.50 bits per heavy atom. The van der Waals surface area contributed by atoms with Crippen molar-refractivity contribution in [2.24, 2.45) is 0 Å². The predicted octanol–water partition coefficient (Wildman–Crippen LogP) is 3.28. The van der Waals surface area contributed by atoms with E-state index in [1.807, 2.05) is 0 Å². The van der Waals surface area contributed by atoms with Gasteiger partial charge in [-0.25, -0.2) is 4.79 Å². The Labute approximate surface area is 128 Å². The molecule has 1 heterocycles. The number of rotatable bonds is 3. The smallest absolute Gasteiger partial charge is 0.372 e. The average molecular weight is 320 g/mol. The first-order chi connectivity index (χ1) is 10.4. The third-order valence-corrected chi connectivity index (χ3v) is 4.52. The molecule has 126 valence electrons. The fourth-order valence-electron chi connectivity index (χ4n) is 3.25. The van der Waals surface area contributed by atoms with Gasteiger partial charge in [-0.15, -0.1) is 6.58 Å². The molecule has 4 nitrogen and oxygen atoms in total. The number of nitrogens with one attached hydrogen (secondary N) is 2. The highest BCUT2D eigenvalue weighted by atomic mass is 19.4. The Balaban J connectivity index is 2.00. The van der Waals surface area contributed by atoms with Crippen molar-refractivity contribution in [3.8, 4) is 0 Å². The van der Waals surface area contributed by atoms with Gasteiger partial charge >= 0.3 is 12.2 Å². The largest absolute Gasteiger partial charge is 0.411 e. The van der Waals surface area contributed by atoms with E-state index < -0.39 is 17.7 Å². The molecule has 0 spiro atoms. The molecular weight excluding hydrogens is 297 g/mol. The molecule has 2 atom stereocenters. The third-order valence-electron chi connectivity index (χ3n) is 4.52. The number of ether oxygens (including phenoxy) is 1. The molecule has 1 saturated heterocycles. The van der Waals surface area contributed by atoms with Crippen molar-refractivity contribution < 1.29 is 22.7 Å². The zero-order valence-corrected chi connectivity index (χ0v) is 12.5. The summed E-state index contributed by atoms with van der Waals surface area (Å²) in [5.74, 6) is 0. The van der Waals surface area contributed by atoms with Gasteiger partial charge in [0.05, 0.1) is 12.1 Å². The van der Waals surface area contributed by atoms with Gasteiger partial charge in [-0.2, -0.15) is 13.2 Å². The molecule has 0 unspecified atom stereocenters. The zero-order valence-electron chi connectivity index (χ0n) is 12.5. The van der Waals surface area contributed by atoms with Gasteiger partial charge < -0.3 is 15.4 Å². The molecule has 2 N–H and O–H groups in total. The van der Waals surface area contributed by atoms with Crippen molar-refractivity contribution in [1.82, 2.24) is 10.6 Å². The van der Waals surface area contributed by atoms with Crippen LogP contribution in [0.3, 0.4) is 0 Å². The van der Waals surface area contributed by atoms with Crippen LogP contribution in [0.15, 0.2) is 12.7 Å². The van der Waals surface area contributed by atoms with Gasteiger partial charge in [-0.1, -0.05) is 25.3 Å². The summed E-state index contributed by atoms with van der Waals surface area (Å²) in [5, 5.41) is 4.82. The van der Waals surface area contributed by atoms with E-state index in [-0.39, 0.29) is 25.0 Å². The van der Waals surface area contributed by atoms with Gasteiger partial charge in [0.25, 0.3) is 0 Å². The Bertz CT molecular complexity index is 406. The van der Waals surface area contributed by atoms with E-state index in [4.69, 9.17) is 4.74 Å². The number of urea groups is 1. The molecule has 7 heteroatoms. The van der Waals surface area contributed by atoms with E-state index in [2.05, 4.69) is 17.2 Å². The predicted molar refractivity (Wildman–Crippen MR) is 76.5 cm³/mol. The Kier molecular flexibility index (Phi) is 5.36. The highest BCUT2D eigenvalue weighted by Crippen LogP contribution is 2.41. The molecule has 1 aliphatic heterocycles. The van der Waals surface area contributed by atoms with Crippen molar-refractivity contribution in [2.45, 2.75) is 68.8 Å². The van der Waals surface area contributed by atoms with Gasteiger partial charge in [-0.05, 0) is 25.7 Å². The minimum atomic E-state index is -4.44. The van der Waals surface area contributed by atoms with Crippen LogP contribution in [0, 0.1) is 0 Å². The first-order valence-electron chi connectivity index (χ1n) is 7.77. The quantitative estimate of drug-likeness (QED) is 0.784. The second-order valence-electron chi connectivity index (χ2n) is 6.06. The number of hydrogen-bond acceptors (Lipinski definition) is 2. The van der Waals surface area contributed by atoms with E-state index in [0.29, 0.717) is 25.9 Å². The summed E-state index contributed by atoms with van der Waals surface area (Å²) < 4.78 is 45.6. The minimum absolute atomic E-state index is 0.0596. The number of hydrogen-bond donors (Lipinski definition) is 2. The van der Waals surface area contributed by atoms with Gasteiger partial charge in [0.2, 0.25) is 0 Å². The van der Waals surface area contributed by atoms with Crippen LogP contribution in [-0.2, 0) is 4.74 Å². The standard InChI is InChI=1S/C15H23F3N2O2/c1-2-12-11(7-6-10-22-12)19-13(21)20-14(15(16,17)18)8-4-3-5-9-14/h2,11-12H,1,3-10H2,(H2,19,20,21)/t11-,12+/m1/s1. The second kappa shape index (κ2) is 6.89. The highest BCUT2D eigenvalue weighted by Gasteiger charge is 2.55. The van der Waals surface area contributed by atoms with E-state index in [1.165, 1.54) is 0 Å². The van der Waals surface area contributed by atoms with Crippen LogP contribution in [0.1, 0.15) is 44.9 Å².